The molecule has 1 rings (SSSR count). The van der Waals surface area contributed by atoms with E-state index in [2.05, 4.69) is 55.7 Å². The zero-order valence-corrected chi connectivity index (χ0v) is 13.9. The van der Waals surface area contributed by atoms with Gasteiger partial charge >= 0.3 is 0 Å². The first-order chi connectivity index (χ1) is 10.0. The number of hydrogen-bond acceptors (Lipinski definition) is 2. The van der Waals surface area contributed by atoms with Crippen molar-refractivity contribution in [1.82, 2.24) is 10.6 Å². The zero-order chi connectivity index (χ0) is 15.7. The van der Waals surface area contributed by atoms with Crippen LogP contribution in [0.25, 0.3) is 0 Å². The lowest BCUT2D eigenvalue weighted by Crippen LogP contribution is -2.44. The molecule has 0 radical (unpaired) electrons. The van der Waals surface area contributed by atoms with Crippen LogP contribution in [0, 0.1) is 5.92 Å². The smallest absolute Gasteiger partial charge is 0.236 e. The summed E-state index contributed by atoms with van der Waals surface area (Å²) in [6.45, 7) is 9.08. The molecule has 21 heavy (non-hydrogen) atoms. The predicted molar refractivity (Wildman–Crippen MR) is 89.2 cm³/mol. The molecule has 0 bridgehead atoms. The Bertz CT molecular complexity index is 403. The van der Waals surface area contributed by atoms with Gasteiger partial charge in [0.05, 0.1) is 6.04 Å². The molecule has 118 valence electrons. The summed E-state index contributed by atoms with van der Waals surface area (Å²) in [6, 6.07) is 10.5. The van der Waals surface area contributed by atoms with Crippen molar-refractivity contribution in [3.63, 3.8) is 0 Å². The van der Waals surface area contributed by atoms with E-state index >= 15 is 0 Å². The van der Waals surface area contributed by atoms with E-state index in [0.29, 0.717) is 5.92 Å². The molecule has 0 aliphatic heterocycles. The third-order valence-corrected chi connectivity index (χ3v) is 3.58. The fourth-order valence-electron chi connectivity index (χ4n) is 2.28. The summed E-state index contributed by atoms with van der Waals surface area (Å²) in [7, 11) is 0. The molecule has 2 unspecified atom stereocenters. The zero-order valence-electron chi connectivity index (χ0n) is 13.9. The highest BCUT2D eigenvalue weighted by Gasteiger charge is 2.18. The minimum Gasteiger partial charge on any atom is -0.354 e. The van der Waals surface area contributed by atoms with Gasteiger partial charge in [-0.3, -0.25) is 10.1 Å². The summed E-state index contributed by atoms with van der Waals surface area (Å²) in [5.74, 6) is 0.562. The lowest BCUT2D eigenvalue weighted by Gasteiger charge is -2.23. The maximum atomic E-state index is 12.1. The minimum atomic E-state index is -0.175. The van der Waals surface area contributed by atoms with Crippen LogP contribution in [0.5, 0.6) is 0 Å². The van der Waals surface area contributed by atoms with Gasteiger partial charge < -0.3 is 5.32 Å². The molecule has 0 saturated carbocycles. The quantitative estimate of drug-likeness (QED) is 0.728. The lowest BCUT2D eigenvalue weighted by molar-refractivity contribution is -0.123. The molecule has 0 spiro atoms. The molecule has 0 aliphatic rings. The van der Waals surface area contributed by atoms with Crippen molar-refractivity contribution in [1.29, 1.82) is 0 Å². The first kappa shape index (κ1) is 17.7. The van der Waals surface area contributed by atoms with Crippen molar-refractivity contribution in [3.05, 3.63) is 35.9 Å². The van der Waals surface area contributed by atoms with E-state index in [1.54, 1.807) is 0 Å². The Balaban J connectivity index is 2.61. The molecule has 2 N–H and O–H groups in total. The molecule has 3 heteroatoms. The Hall–Kier alpha value is -1.35. The molecule has 2 atom stereocenters. The number of rotatable bonds is 9. The van der Waals surface area contributed by atoms with Crippen molar-refractivity contribution in [2.45, 2.75) is 59.0 Å². The van der Waals surface area contributed by atoms with Gasteiger partial charge in [-0.05, 0) is 24.8 Å². The first-order valence-corrected chi connectivity index (χ1v) is 8.13. The lowest BCUT2D eigenvalue weighted by atomic mass is 10.00. The second-order valence-electron chi connectivity index (χ2n) is 6.13. The fraction of sp³-hybridized carbons (Fsp3) is 0.611. The molecular weight excluding hydrogens is 260 g/mol. The number of benzene rings is 1. The Labute approximate surface area is 129 Å². The first-order valence-electron chi connectivity index (χ1n) is 8.13. The molecule has 1 aromatic carbocycles. The summed E-state index contributed by atoms with van der Waals surface area (Å²) < 4.78 is 0. The third kappa shape index (κ3) is 6.76. The van der Waals surface area contributed by atoms with Crippen LogP contribution in [-0.4, -0.2) is 18.5 Å². The average Bonchev–Trinajstić information content (AvgIpc) is 2.49. The number of hydrogen-bond donors (Lipinski definition) is 2. The summed E-state index contributed by atoms with van der Waals surface area (Å²) in [5, 5.41) is 6.47. The van der Waals surface area contributed by atoms with E-state index in [9.17, 15) is 4.79 Å². The molecule has 0 aliphatic carbocycles. The Morgan fingerprint density at radius 3 is 2.38 bits per heavy atom. The topological polar surface area (TPSA) is 41.1 Å². The number of nitrogens with one attached hydrogen (secondary N) is 2. The predicted octanol–water partition coefficient (Wildman–Crippen LogP) is 3.67. The van der Waals surface area contributed by atoms with Crippen LogP contribution >= 0.6 is 0 Å². The van der Waals surface area contributed by atoms with Gasteiger partial charge in [0, 0.05) is 12.6 Å². The van der Waals surface area contributed by atoms with Crippen LogP contribution in [0.4, 0.5) is 0 Å². The van der Waals surface area contributed by atoms with Gasteiger partial charge in [-0.25, -0.2) is 0 Å². The summed E-state index contributed by atoms with van der Waals surface area (Å²) in [4.78, 5) is 12.1. The average molecular weight is 290 g/mol. The van der Waals surface area contributed by atoms with Crippen LogP contribution in [-0.2, 0) is 4.79 Å². The summed E-state index contributed by atoms with van der Waals surface area (Å²) in [5.41, 5.74) is 1.26. The van der Waals surface area contributed by atoms with Crippen LogP contribution in [0.3, 0.4) is 0 Å². The van der Waals surface area contributed by atoms with Crippen molar-refractivity contribution >= 4 is 5.91 Å². The minimum absolute atomic E-state index is 0.0844. The highest BCUT2D eigenvalue weighted by Crippen LogP contribution is 2.19. The van der Waals surface area contributed by atoms with E-state index in [1.807, 2.05) is 13.0 Å². The Morgan fingerprint density at radius 2 is 1.81 bits per heavy atom. The van der Waals surface area contributed by atoms with E-state index in [1.165, 1.54) is 12.0 Å². The summed E-state index contributed by atoms with van der Waals surface area (Å²) >= 11 is 0. The van der Waals surface area contributed by atoms with E-state index in [0.717, 1.165) is 19.4 Å². The van der Waals surface area contributed by atoms with Crippen molar-refractivity contribution in [3.8, 4) is 0 Å². The molecule has 0 aromatic heterocycles. The van der Waals surface area contributed by atoms with E-state index < -0.39 is 0 Å². The normalized spacial score (nSPS) is 14.0. The molecular formula is C18H30N2O. The molecule has 1 amide bonds. The van der Waals surface area contributed by atoms with Crippen LogP contribution in [0.1, 0.15) is 58.6 Å². The van der Waals surface area contributed by atoms with Gasteiger partial charge in [-0.1, -0.05) is 63.9 Å². The number of amides is 1. The Kier molecular flexibility index (Phi) is 8.06. The second-order valence-corrected chi connectivity index (χ2v) is 6.13. The standard InChI is InChI=1S/C18H30N2O/c1-5-6-12-17(16-10-8-7-9-11-16)20-15(4)18(21)19-13-14(2)3/h7-11,14-15,17,20H,5-6,12-13H2,1-4H3,(H,19,21). The number of carbonyl (C=O) groups is 1. The molecule has 3 nitrogen and oxygen atoms in total. The van der Waals surface area contributed by atoms with Gasteiger partial charge in [0.1, 0.15) is 0 Å². The molecule has 0 saturated heterocycles. The van der Waals surface area contributed by atoms with Gasteiger partial charge in [-0.15, -0.1) is 0 Å². The molecule has 1 aromatic rings. The van der Waals surface area contributed by atoms with Crippen molar-refractivity contribution in [2.24, 2.45) is 5.92 Å². The van der Waals surface area contributed by atoms with E-state index in [-0.39, 0.29) is 18.0 Å². The maximum Gasteiger partial charge on any atom is 0.236 e. The van der Waals surface area contributed by atoms with Crippen molar-refractivity contribution < 1.29 is 4.79 Å². The molecule has 0 fully saturated rings. The maximum absolute atomic E-state index is 12.1. The van der Waals surface area contributed by atoms with Gasteiger partial charge in [-0.2, -0.15) is 0 Å². The van der Waals surface area contributed by atoms with Gasteiger partial charge in [0.2, 0.25) is 5.91 Å². The fourth-order valence-corrected chi connectivity index (χ4v) is 2.28. The monoisotopic (exact) mass is 290 g/mol. The summed E-state index contributed by atoms with van der Waals surface area (Å²) in [6.07, 6.45) is 3.38. The molecule has 0 heterocycles. The van der Waals surface area contributed by atoms with Crippen molar-refractivity contribution in [2.75, 3.05) is 6.54 Å². The van der Waals surface area contributed by atoms with Crippen LogP contribution in [0.2, 0.25) is 0 Å². The second kappa shape index (κ2) is 9.56. The number of carbonyl (C=O) groups excluding carboxylic acids is 1. The Morgan fingerprint density at radius 1 is 1.14 bits per heavy atom. The SMILES string of the molecule is CCCCC(NC(C)C(=O)NCC(C)C)c1ccccc1. The number of unbranched alkanes of at least 4 members (excludes halogenated alkanes) is 1. The van der Waals surface area contributed by atoms with Gasteiger partial charge in [0.15, 0.2) is 0 Å². The van der Waals surface area contributed by atoms with E-state index in [4.69, 9.17) is 0 Å². The van der Waals surface area contributed by atoms with Crippen LogP contribution < -0.4 is 10.6 Å². The third-order valence-electron chi connectivity index (χ3n) is 3.58. The largest absolute Gasteiger partial charge is 0.354 e. The highest BCUT2D eigenvalue weighted by atomic mass is 16.2. The highest BCUT2D eigenvalue weighted by molar-refractivity contribution is 5.81. The van der Waals surface area contributed by atoms with Gasteiger partial charge in [0.25, 0.3) is 0 Å². The van der Waals surface area contributed by atoms with Crippen LogP contribution in [0.15, 0.2) is 30.3 Å².